The molecule has 22 heavy (non-hydrogen) atoms. The van der Waals surface area contributed by atoms with Crippen LogP contribution >= 0.6 is 0 Å². The minimum Gasteiger partial charge on any atom is -0.373 e. The van der Waals surface area contributed by atoms with Crippen molar-refractivity contribution in [1.29, 1.82) is 0 Å². The summed E-state index contributed by atoms with van der Waals surface area (Å²) in [4.78, 5) is 14.6. The summed E-state index contributed by atoms with van der Waals surface area (Å²) in [6, 6.07) is 18.6. The van der Waals surface area contributed by atoms with Crippen LogP contribution in [0.15, 0.2) is 60.7 Å². The van der Waals surface area contributed by atoms with Crippen LogP contribution in [0.4, 0.5) is 0 Å². The molecule has 0 aromatic heterocycles. The second-order valence-electron chi connectivity index (χ2n) is 6.79. The topological polar surface area (TPSA) is 40.5 Å². The lowest BCUT2D eigenvalue weighted by Gasteiger charge is -2.58. The van der Waals surface area contributed by atoms with Crippen LogP contribution in [-0.2, 0) is 10.4 Å². The first-order valence-corrected chi connectivity index (χ1v) is 7.53. The summed E-state index contributed by atoms with van der Waals surface area (Å²) in [7, 11) is 0. The molecule has 0 saturated carbocycles. The van der Waals surface area contributed by atoms with E-state index in [2.05, 4.69) is 0 Å². The first-order chi connectivity index (χ1) is 10.4. The van der Waals surface area contributed by atoms with Gasteiger partial charge in [0.25, 0.3) is 5.91 Å². The van der Waals surface area contributed by atoms with E-state index in [0.29, 0.717) is 5.56 Å². The van der Waals surface area contributed by atoms with E-state index >= 15 is 0 Å². The Morgan fingerprint density at radius 3 is 1.95 bits per heavy atom. The van der Waals surface area contributed by atoms with Gasteiger partial charge in [-0.3, -0.25) is 4.79 Å². The van der Waals surface area contributed by atoms with E-state index < -0.39 is 5.60 Å². The molecule has 1 fully saturated rings. The lowest BCUT2D eigenvalue weighted by Crippen LogP contribution is -2.70. The summed E-state index contributed by atoms with van der Waals surface area (Å²) in [6.07, 6.45) is 0. The van der Waals surface area contributed by atoms with E-state index in [-0.39, 0.29) is 17.5 Å². The molecule has 2 atom stereocenters. The molecule has 0 radical (unpaired) electrons. The molecule has 1 heterocycles. The highest BCUT2D eigenvalue weighted by Gasteiger charge is 2.63. The molecule has 3 heteroatoms. The molecule has 0 spiro atoms. The number of aliphatic hydroxyl groups is 1. The van der Waals surface area contributed by atoms with Gasteiger partial charge < -0.3 is 10.0 Å². The number of benzene rings is 2. The van der Waals surface area contributed by atoms with E-state index in [1.165, 1.54) is 0 Å². The number of hydrogen-bond donors (Lipinski definition) is 1. The van der Waals surface area contributed by atoms with Crippen LogP contribution in [0, 0.1) is 0 Å². The maximum atomic E-state index is 12.8. The maximum Gasteiger partial charge on any atom is 0.262 e. The van der Waals surface area contributed by atoms with Crippen molar-refractivity contribution in [2.45, 2.75) is 38.0 Å². The third-order valence-electron chi connectivity index (χ3n) is 4.25. The standard InChI is InChI=1S/C19H21NO2/c1-18(2,3)20-16(14-10-6-4-7-11-14)19(22,17(20)21)15-12-8-5-9-13-15/h4-13,16,22H,1-3H3/t16-,19+/m0/s1. The Bertz CT molecular complexity index is 676. The van der Waals surface area contributed by atoms with Crippen molar-refractivity contribution in [2.24, 2.45) is 0 Å². The van der Waals surface area contributed by atoms with Gasteiger partial charge in [-0.1, -0.05) is 60.7 Å². The van der Waals surface area contributed by atoms with Crippen LogP contribution in [-0.4, -0.2) is 21.5 Å². The number of hydrogen-bond acceptors (Lipinski definition) is 2. The van der Waals surface area contributed by atoms with Crippen molar-refractivity contribution in [2.75, 3.05) is 0 Å². The summed E-state index contributed by atoms with van der Waals surface area (Å²) in [5.74, 6) is -0.236. The molecule has 0 bridgehead atoms. The first-order valence-electron chi connectivity index (χ1n) is 7.53. The highest BCUT2D eigenvalue weighted by molar-refractivity contribution is 5.95. The van der Waals surface area contributed by atoms with Gasteiger partial charge in [-0.15, -0.1) is 0 Å². The number of carbonyl (C=O) groups is 1. The van der Waals surface area contributed by atoms with Crippen molar-refractivity contribution in [3.8, 4) is 0 Å². The zero-order valence-electron chi connectivity index (χ0n) is 13.2. The summed E-state index contributed by atoms with van der Waals surface area (Å²) < 4.78 is 0. The molecule has 1 aliphatic heterocycles. The molecule has 1 amide bonds. The fourth-order valence-corrected chi connectivity index (χ4v) is 3.23. The lowest BCUT2D eigenvalue weighted by molar-refractivity contribution is -0.209. The quantitative estimate of drug-likeness (QED) is 0.864. The van der Waals surface area contributed by atoms with E-state index in [1.54, 1.807) is 4.90 Å². The zero-order valence-corrected chi connectivity index (χ0v) is 13.2. The predicted molar refractivity (Wildman–Crippen MR) is 86.1 cm³/mol. The molecule has 1 N–H and O–H groups in total. The molecule has 3 rings (SSSR count). The van der Waals surface area contributed by atoms with E-state index in [9.17, 15) is 9.90 Å². The minimum atomic E-state index is -1.49. The maximum absolute atomic E-state index is 12.8. The van der Waals surface area contributed by atoms with Gasteiger partial charge in [0.1, 0.15) is 0 Å². The van der Waals surface area contributed by atoms with Crippen molar-refractivity contribution in [3.05, 3.63) is 71.8 Å². The second kappa shape index (κ2) is 4.96. The summed E-state index contributed by atoms with van der Waals surface area (Å²) in [6.45, 7) is 5.97. The second-order valence-corrected chi connectivity index (χ2v) is 6.79. The van der Waals surface area contributed by atoms with Crippen molar-refractivity contribution in [1.82, 2.24) is 4.90 Å². The van der Waals surface area contributed by atoms with E-state index in [0.717, 1.165) is 5.56 Å². The molecule has 0 unspecified atom stereocenters. The number of rotatable bonds is 2. The predicted octanol–water partition coefficient (Wildman–Crippen LogP) is 3.26. The fourth-order valence-electron chi connectivity index (χ4n) is 3.23. The number of likely N-dealkylation sites (tertiary alicyclic amines) is 1. The van der Waals surface area contributed by atoms with Crippen LogP contribution in [0.25, 0.3) is 0 Å². The average molecular weight is 295 g/mol. The van der Waals surface area contributed by atoms with Gasteiger partial charge in [0.05, 0.1) is 6.04 Å². The zero-order chi connectivity index (χ0) is 16.0. The molecule has 1 aliphatic rings. The summed E-state index contributed by atoms with van der Waals surface area (Å²) in [5, 5.41) is 11.2. The van der Waals surface area contributed by atoms with Gasteiger partial charge in [-0.2, -0.15) is 0 Å². The monoisotopic (exact) mass is 295 g/mol. The van der Waals surface area contributed by atoms with Gasteiger partial charge in [0.2, 0.25) is 0 Å². The molecule has 114 valence electrons. The molecule has 2 aromatic rings. The Hall–Kier alpha value is -2.13. The van der Waals surface area contributed by atoms with Gasteiger partial charge >= 0.3 is 0 Å². The number of carbonyl (C=O) groups excluding carboxylic acids is 1. The smallest absolute Gasteiger partial charge is 0.262 e. The molecule has 3 nitrogen and oxygen atoms in total. The Morgan fingerprint density at radius 2 is 1.45 bits per heavy atom. The minimum absolute atomic E-state index is 0.236. The molecular weight excluding hydrogens is 274 g/mol. The third-order valence-corrected chi connectivity index (χ3v) is 4.25. The van der Waals surface area contributed by atoms with Gasteiger partial charge in [-0.05, 0) is 31.9 Å². The van der Waals surface area contributed by atoms with Crippen LogP contribution in [0.1, 0.15) is 37.9 Å². The van der Waals surface area contributed by atoms with Crippen LogP contribution in [0.3, 0.4) is 0 Å². The van der Waals surface area contributed by atoms with Crippen molar-refractivity contribution < 1.29 is 9.90 Å². The fraction of sp³-hybridized carbons (Fsp3) is 0.316. The van der Waals surface area contributed by atoms with Crippen LogP contribution < -0.4 is 0 Å². The lowest BCUT2D eigenvalue weighted by atomic mass is 9.71. The number of β-lactam (4-membered cyclic amide) rings is 1. The van der Waals surface area contributed by atoms with Gasteiger partial charge in [0.15, 0.2) is 5.60 Å². The first kappa shape index (κ1) is 14.8. The average Bonchev–Trinajstić information content (AvgIpc) is 2.51. The largest absolute Gasteiger partial charge is 0.373 e. The SMILES string of the molecule is CC(C)(C)N1C(=O)[C@@](O)(c2ccccc2)[C@@H]1c1ccccc1. The molecule has 2 aromatic carbocycles. The van der Waals surface area contributed by atoms with Gasteiger partial charge in [-0.25, -0.2) is 0 Å². The Labute approximate surface area is 131 Å². The highest BCUT2D eigenvalue weighted by atomic mass is 16.3. The van der Waals surface area contributed by atoms with Crippen LogP contribution in [0.5, 0.6) is 0 Å². The summed E-state index contributed by atoms with van der Waals surface area (Å²) >= 11 is 0. The Morgan fingerprint density at radius 1 is 0.955 bits per heavy atom. The van der Waals surface area contributed by atoms with Gasteiger partial charge in [0, 0.05) is 5.54 Å². The third kappa shape index (κ3) is 2.04. The number of nitrogens with zero attached hydrogens (tertiary/aromatic N) is 1. The number of amides is 1. The Balaban J connectivity index is 2.12. The normalized spacial score (nSPS) is 25.0. The van der Waals surface area contributed by atoms with E-state index in [4.69, 9.17) is 0 Å². The molecular formula is C19H21NO2. The Kier molecular flexibility index (Phi) is 3.33. The summed E-state index contributed by atoms with van der Waals surface area (Å²) in [5.41, 5.74) is -0.244. The molecule has 0 aliphatic carbocycles. The van der Waals surface area contributed by atoms with E-state index in [1.807, 2.05) is 81.4 Å². The van der Waals surface area contributed by atoms with Crippen molar-refractivity contribution in [3.63, 3.8) is 0 Å². The highest BCUT2D eigenvalue weighted by Crippen LogP contribution is 2.52. The molecule has 1 saturated heterocycles. The van der Waals surface area contributed by atoms with Crippen molar-refractivity contribution >= 4 is 5.91 Å². The van der Waals surface area contributed by atoms with Crippen LogP contribution in [0.2, 0.25) is 0 Å².